The Morgan fingerprint density at radius 3 is 2.23 bits per heavy atom. The molecule has 31 heavy (non-hydrogen) atoms. The van der Waals surface area contributed by atoms with Crippen LogP contribution in [0.5, 0.6) is 0 Å². The number of amides is 1. The van der Waals surface area contributed by atoms with Crippen LogP contribution in [0.15, 0.2) is 58.3 Å². The molecule has 5 nitrogen and oxygen atoms in total. The number of benzene rings is 2. The molecule has 3 aromatic rings. The van der Waals surface area contributed by atoms with Crippen LogP contribution in [0.3, 0.4) is 0 Å². The molecule has 0 unspecified atom stereocenters. The number of para-hydroxylation sites is 2. The fourth-order valence-corrected chi connectivity index (χ4v) is 5.75. The third-order valence-electron chi connectivity index (χ3n) is 5.21. The van der Waals surface area contributed by atoms with E-state index in [1.54, 1.807) is 18.7 Å². The molecule has 0 atom stereocenters. The predicted octanol–water partition coefficient (Wildman–Crippen LogP) is 6.17. The number of hydrogen-bond donors (Lipinski definition) is 1. The van der Waals surface area contributed by atoms with Crippen molar-refractivity contribution in [2.24, 2.45) is 0 Å². The second-order valence-electron chi connectivity index (χ2n) is 7.20. The van der Waals surface area contributed by atoms with Crippen LogP contribution in [0.2, 0.25) is 0 Å². The van der Waals surface area contributed by atoms with Crippen LogP contribution in [0.4, 0.5) is 16.4 Å². The smallest absolute Gasteiger partial charge is 0.341 e. The minimum absolute atomic E-state index is 0.125. The quantitative estimate of drug-likeness (QED) is 0.453. The topological polar surface area (TPSA) is 58.6 Å². The molecule has 1 aliphatic rings. The zero-order valence-electron chi connectivity index (χ0n) is 17.7. The van der Waals surface area contributed by atoms with Crippen LogP contribution in [0.25, 0.3) is 0 Å². The summed E-state index contributed by atoms with van der Waals surface area (Å²) in [7, 11) is 0. The maximum absolute atomic E-state index is 12.8. The Hall–Kier alpha value is -2.77. The number of carbonyl (C=O) groups excluding carboxylic acids is 2. The number of rotatable bonds is 6. The van der Waals surface area contributed by atoms with E-state index in [1.807, 2.05) is 38.1 Å². The van der Waals surface area contributed by atoms with E-state index in [0.717, 1.165) is 21.8 Å². The molecule has 7 heteroatoms. The highest BCUT2D eigenvalue weighted by atomic mass is 32.2. The van der Waals surface area contributed by atoms with Crippen LogP contribution >= 0.6 is 23.1 Å². The largest absolute Gasteiger partial charge is 0.462 e. The van der Waals surface area contributed by atoms with Crippen molar-refractivity contribution in [3.05, 3.63) is 64.5 Å². The maximum Gasteiger partial charge on any atom is 0.341 e. The van der Waals surface area contributed by atoms with Gasteiger partial charge in [-0.25, -0.2) is 4.79 Å². The minimum Gasteiger partial charge on any atom is -0.462 e. The summed E-state index contributed by atoms with van der Waals surface area (Å²) in [4.78, 5) is 30.8. The molecule has 160 valence electrons. The highest BCUT2D eigenvalue weighted by Gasteiger charge is 2.25. The Balaban J connectivity index is 1.52. The normalized spacial score (nSPS) is 12.2. The number of nitrogens with zero attached hydrogens (tertiary/aromatic N) is 1. The van der Waals surface area contributed by atoms with Crippen molar-refractivity contribution in [3.63, 3.8) is 0 Å². The average Bonchev–Trinajstić information content (AvgIpc) is 3.04. The summed E-state index contributed by atoms with van der Waals surface area (Å²) >= 11 is 3.16. The van der Waals surface area contributed by atoms with Gasteiger partial charge in [0.2, 0.25) is 5.91 Å². The average molecular weight is 453 g/mol. The van der Waals surface area contributed by atoms with Gasteiger partial charge in [0.15, 0.2) is 0 Å². The van der Waals surface area contributed by atoms with Gasteiger partial charge in [0.1, 0.15) is 5.00 Å². The van der Waals surface area contributed by atoms with Crippen LogP contribution < -0.4 is 10.2 Å². The molecular weight excluding hydrogens is 428 g/mol. The van der Waals surface area contributed by atoms with E-state index in [-0.39, 0.29) is 5.91 Å². The Morgan fingerprint density at radius 1 is 1.00 bits per heavy atom. The number of aryl methyl sites for hydroxylation is 1. The molecule has 0 saturated heterocycles. The summed E-state index contributed by atoms with van der Waals surface area (Å²) < 4.78 is 5.18. The number of esters is 1. The molecule has 1 aliphatic heterocycles. The number of anilines is 3. The van der Waals surface area contributed by atoms with Gasteiger partial charge in [-0.2, -0.15) is 0 Å². The van der Waals surface area contributed by atoms with Gasteiger partial charge in [0.05, 0.1) is 23.5 Å². The molecule has 1 aromatic heterocycles. The number of hydrogen-bond acceptors (Lipinski definition) is 6. The lowest BCUT2D eigenvalue weighted by molar-refractivity contribution is -0.116. The third kappa shape index (κ3) is 4.34. The third-order valence-corrected chi connectivity index (χ3v) is 7.47. The summed E-state index contributed by atoms with van der Waals surface area (Å²) in [5.74, 6) is -0.518. The standard InChI is InChI=1S/C24H24N2O3S2/c1-4-29-24(28)22-15(2)16(3)30-23(22)25-21(27)13-14-26-17-9-5-7-11-19(17)31-20-12-8-6-10-18(20)26/h5-12H,4,13-14H2,1-3H3,(H,25,27). The molecule has 4 rings (SSSR count). The van der Waals surface area contributed by atoms with E-state index in [1.165, 1.54) is 21.1 Å². The van der Waals surface area contributed by atoms with E-state index in [4.69, 9.17) is 4.74 Å². The molecule has 0 saturated carbocycles. The first-order valence-electron chi connectivity index (χ1n) is 10.2. The lowest BCUT2D eigenvalue weighted by atomic mass is 10.1. The van der Waals surface area contributed by atoms with Gasteiger partial charge < -0.3 is 15.0 Å². The summed E-state index contributed by atoms with van der Waals surface area (Å²) in [5, 5.41) is 3.51. The predicted molar refractivity (Wildman–Crippen MR) is 127 cm³/mol. The fraction of sp³-hybridized carbons (Fsp3) is 0.250. The van der Waals surface area contributed by atoms with E-state index in [0.29, 0.717) is 30.1 Å². The zero-order chi connectivity index (χ0) is 22.0. The maximum atomic E-state index is 12.8. The molecule has 2 aromatic carbocycles. The van der Waals surface area contributed by atoms with Crippen LogP contribution in [-0.4, -0.2) is 25.0 Å². The highest BCUT2D eigenvalue weighted by molar-refractivity contribution is 7.99. The fourth-order valence-electron chi connectivity index (χ4n) is 3.59. The SMILES string of the molecule is CCOC(=O)c1c(NC(=O)CCN2c3ccccc3Sc3ccccc32)sc(C)c1C. The van der Waals surface area contributed by atoms with Crippen molar-refractivity contribution < 1.29 is 14.3 Å². The molecular formula is C24H24N2O3S2. The summed E-state index contributed by atoms with van der Waals surface area (Å²) in [5.41, 5.74) is 3.53. The lowest BCUT2D eigenvalue weighted by Crippen LogP contribution is -2.26. The van der Waals surface area contributed by atoms with Crippen molar-refractivity contribution in [2.45, 2.75) is 37.0 Å². The first-order chi connectivity index (χ1) is 15.0. The second kappa shape index (κ2) is 9.16. The van der Waals surface area contributed by atoms with Gasteiger partial charge in [-0.1, -0.05) is 36.0 Å². The van der Waals surface area contributed by atoms with Crippen LogP contribution in [0, 0.1) is 13.8 Å². The Labute approximate surface area is 190 Å². The molecule has 0 fully saturated rings. The first-order valence-corrected chi connectivity index (χ1v) is 11.8. The van der Waals surface area contributed by atoms with Gasteiger partial charge in [-0.15, -0.1) is 11.3 Å². The number of carbonyl (C=O) groups is 2. The molecule has 0 radical (unpaired) electrons. The van der Waals surface area contributed by atoms with Crippen molar-refractivity contribution in [3.8, 4) is 0 Å². The Morgan fingerprint density at radius 2 is 1.61 bits per heavy atom. The molecule has 2 heterocycles. The number of ether oxygens (including phenoxy) is 1. The van der Waals surface area contributed by atoms with Gasteiger partial charge in [-0.05, 0) is 50.6 Å². The molecule has 0 aliphatic carbocycles. The highest BCUT2D eigenvalue weighted by Crippen LogP contribution is 2.47. The van der Waals surface area contributed by atoms with Gasteiger partial charge in [0.25, 0.3) is 0 Å². The van der Waals surface area contributed by atoms with Gasteiger partial charge in [0, 0.05) is 27.6 Å². The first kappa shape index (κ1) is 21.5. The van der Waals surface area contributed by atoms with E-state index >= 15 is 0 Å². The van der Waals surface area contributed by atoms with Crippen molar-refractivity contribution >= 4 is 51.4 Å². The Bertz CT molecular complexity index is 1090. The number of fused-ring (bicyclic) bond motifs is 2. The minimum atomic E-state index is -0.393. The number of nitrogens with one attached hydrogen (secondary N) is 1. The van der Waals surface area contributed by atoms with Crippen molar-refractivity contribution in [1.82, 2.24) is 0 Å². The summed E-state index contributed by atoms with van der Waals surface area (Å²) in [6.45, 7) is 6.44. The second-order valence-corrected chi connectivity index (χ2v) is 9.50. The van der Waals surface area contributed by atoms with Crippen LogP contribution in [-0.2, 0) is 9.53 Å². The van der Waals surface area contributed by atoms with Crippen LogP contribution in [0.1, 0.15) is 34.1 Å². The zero-order valence-corrected chi connectivity index (χ0v) is 19.4. The monoisotopic (exact) mass is 452 g/mol. The molecule has 0 spiro atoms. The summed E-state index contributed by atoms with van der Waals surface area (Å²) in [6, 6.07) is 16.5. The van der Waals surface area contributed by atoms with Gasteiger partial charge >= 0.3 is 5.97 Å². The van der Waals surface area contributed by atoms with E-state index in [2.05, 4.69) is 34.5 Å². The van der Waals surface area contributed by atoms with E-state index < -0.39 is 5.97 Å². The molecule has 0 bridgehead atoms. The van der Waals surface area contributed by atoms with Gasteiger partial charge in [-0.3, -0.25) is 4.79 Å². The Kier molecular flexibility index (Phi) is 6.34. The molecule has 1 amide bonds. The molecule has 1 N–H and O–H groups in total. The summed E-state index contributed by atoms with van der Waals surface area (Å²) in [6.07, 6.45) is 0.297. The van der Waals surface area contributed by atoms with Crippen molar-refractivity contribution in [1.29, 1.82) is 0 Å². The van der Waals surface area contributed by atoms with E-state index in [9.17, 15) is 9.59 Å². The number of thiophene rings is 1. The van der Waals surface area contributed by atoms with Crippen molar-refractivity contribution in [2.75, 3.05) is 23.4 Å². The lowest BCUT2D eigenvalue weighted by Gasteiger charge is -2.32.